The van der Waals surface area contributed by atoms with Crippen molar-refractivity contribution in [2.75, 3.05) is 7.11 Å². The Balaban J connectivity index is 1.78. The second-order valence-corrected chi connectivity index (χ2v) is 11.9. The summed E-state index contributed by atoms with van der Waals surface area (Å²) in [4.78, 5) is 0. The number of rotatable bonds is 4. The molecule has 0 fully saturated rings. The summed E-state index contributed by atoms with van der Waals surface area (Å²) in [6, 6.07) is 46.0. The summed E-state index contributed by atoms with van der Waals surface area (Å²) in [5.41, 5.74) is 0. The summed E-state index contributed by atoms with van der Waals surface area (Å²) >= 11 is 0. The fraction of sp³-hybridized carbons (Fsp3) is 0.0323. The lowest BCUT2D eigenvalue weighted by atomic mass is 10.1. The summed E-state index contributed by atoms with van der Waals surface area (Å²) < 4.78 is 6.80. The molecule has 0 atom stereocenters. The van der Waals surface area contributed by atoms with Gasteiger partial charge in [-0.3, -0.25) is 0 Å². The van der Waals surface area contributed by atoms with Crippen LogP contribution in [0.1, 0.15) is 0 Å². The lowest BCUT2D eigenvalue weighted by Gasteiger charge is -2.33. The van der Waals surface area contributed by atoms with Crippen molar-refractivity contribution in [2.24, 2.45) is 0 Å². The first kappa shape index (κ1) is 19.9. The zero-order valence-electron chi connectivity index (χ0n) is 18.5. The van der Waals surface area contributed by atoms with Crippen molar-refractivity contribution < 1.29 is 4.43 Å². The highest BCUT2D eigenvalue weighted by molar-refractivity contribution is 7.09. The molecule has 0 saturated heterocycles. The van der Waals surface area contributed by atoms with Crippen LogP contribution in [0.4, 0.5) is 0 Å². The van der Waals surface area contributed by atoms with Crippen LogP contribution in [0.5, 0.6) is 0 Å². The van der Waals surface area contributed by atoms with E-state index in [1.165, 1.54) is 47.9 Å². The maximum atomic E-state index is 6.80. The smallest absolute Gasteiger partial charge is 0.289 e. The van der Waals surface area contributed by atoms with Crippen LogP contribution in [0.25, 0.3) is 32.3 Å². The zero-order valence-corrected chi connectivity index (χ0v) is 19.5. The fourth-order valence-corrected chi connectivity index (χ4v) is 9.41. The molecule has 1 nitrogen and oxygen atoms in total. The summed E-state index contributed by atoms with van der Waals surface area (Å²) in [5, 5.41) is 11.3. The van der Waals surface area contributed by atoms with Crippen molar-refractivity contribution in [3.8, 4) is 0 Å². The largest absolute Gasteiger partial charge is 0.408 e. The molecule has 0 heterocycles. The number of hydrogen-bond donors (Lipinski definition) is 0. The van der Waals surface area contributed by atoms with E-state index in [0.717, 1.165) is 0 Å². The molecule has 0 aliphatic rings. The molecule has 0 aliphatic carbocycles. The Morgan fingerprint density at radius 2 is 0.939 bits per heavy atom. The van der Waals surface area contributed by atoms with E-state index in [1.54, 1.807) is 0 Å². The van der Waals surface area contributed by atoms with Gasteiger partial charge in [-0.2, -0.15) is 0 Å². The van der Waals surface area contributed by atoms with Gasteiger partial charge in [0.05, 0.1) is 0 Å². The van der Waals surface area contributed by atoms with E-state index in [1.807, 2.05) is 7.11 Å². The summed E-state index contributed by atoms with van der Waals surface area (Å²) in [5.74, 6) is 0. The first-order valence-electron chi connectivity index (χ1n) is 11.3. The summed E-state index contributed by atoms with van der Waals surface area (Å²) in [6.45, 7) is 0. The van der Waals surface area contributed by atoms with Gasteiger partial charge in [0.1, 0.15) is 0 Å². The van der Waals surface area contributed by atoms with Gasteiger partial charge in [0.2, 0.25) is 0 Å². The van der Waals surface area contributed by atoms with Gasteiger partial charge >= 0.3 is 0 Å². The predicted molar refractivity (Wildman–Crippen MR) is 144 cm³/mol. The molecule has 6 aromatic rings. The Kier molecular flexibility index (Phi) is 4.83. The van der Waals surface area contributed by atoms with Gasteiger partial charge in [-0.25, -0.2) is 0 Å². The molecule has 0 radical (unpaired) electrons. The van der Waals surface area contributed by atoms with Crippen molar-refractivity contribution in [3.05, 3.63) is 127 Å². The maximum Gasteiger partial charge on any atom is 0.289 e. The molecule has 0 N–H and O–H groups in total. The molecular weight excluding hydrogens is 416 g/mol. The number of hydrogen-bond acceptors (Lipinski definition) is 1. The molecule has 33 heavy (non-hydrogen) atoms. The van der Waals surface area contributed by atoms with Gasteiger partial charge in [-0.1, -0.05) is 127 Å². The SMILES string of the molecule is CO[Si](c1ccc2ccccc2c1)(c1cccc2ccccc12)c1cccc2ccccc12. The van der Waals surface area contributed by atoms with Crippen molar-refractivity contribution in [2.45, 2.75) is 0 Å². The lowest BCUT2D eigenvalue weighted by molar-refractivity contribution is 0.427. The molecule has 2 heteroatoms. The lowest BCUT2D eigenvalue weighted by Crippen LogP contribution is -2.69. The molecule has 6 rings (SSSR count). The van der Waals surface area contributed by atoms with E-state index < -0.39 is 8.32 Å². The number of benzene rings is 6. The molecule has 0 unspecified atom stereocenters. The standard InChI is InChI=1S/C31H24OSi/c1-32-33(27-21-20-23-10-2-3-13-26(23)22-27,30-18-8-14-24-11-4-6-16-28(24)30)31-19-9-15-25-12-5-7-17-29(25)31/h2-22H,1H3. The van der Waals surface area contributed by atoms with Gasteiger partial charge in [-0.05, 0) is 47.9 Å². The van der Waals surface area contributed by atoms with Crippen LogP contribution in [0.3, 0.4) is 0 Å². The Hall–Kier alpha value is -3.72. The van der Waals surface area contributed by atoms with Gasteiger partial charge < -0.3 is 4.43 Å². The summed E-state index contributed by atoms with van der Waals surface area (Å²) in [7, 11) is -0.950. The Bertz CT molecular complexity index is 1530. The monoisotopic (exact) mass is 440 g/mol. The molecule has 158 valence electrons. The molecule has 6 aromatic carbocycles. The highest BCUT2D eigenvalue weighted by Crippen LogP contribution is 2.22. The third-order valence-electron chi connectivity index (χ3n) is 6.80. The molecular formula is C31H24OSi. The topological polar surface area (TPSA) is 9.23 Å². The van der Waals surface area contributed by atoms with Crippen LogP contribution >= 0.6 is 0 Å². The van der Waals surface area contributed by atoms with E-state index in [-0.39, 0.29) is 0 Å². The minimum atomic E-state index is -2.84. The Labute approximate surface area is 195 Å². The van der Waals surface area contributed by atoms with E-state index in [4.69, 9.17) is 4.43 Å². The minimum absolute atomic E-state index is 1.24. The summed E-state index contributed by atoms with van der Waals surface area (Å²) in [6.07, 6.45) is 0. The maximum absolute atomic E-state index is 6.80. The highest BCUT2D eigenvalue weighted by Gasteiger charge is 2.43. The molecule has 0 aromatic heterocycles. The predicted octanol–water partition coefficient (Wildman–Crippen LogP) is 5.76. The quantitative estimate of drug-likeness (QED) is 0.250. The van der Waals surface area contributed by atoms with Crippen LogP contribution in [0, 0.1) is 0 Å². The van der Waals surface area contributed by atoms with Crippen molar-refractivity contribution in [3.63, 3.8) is 0 Å². The Morgan fingerprint density at radius 1 is 0.455 bits per heavy atom. The van der Waals surface area contributed by atoms with Gasteiger partial charge in [0, 0.05) is 7.11 Å². The first-order valence-corrected chi connectivity index (χ1v) is 13.2. The van der Waals surface area contributed by atoms with Crippen molar-refractivity contribution in [1.29, 1.82) is 0 Å². The number of fused-ring (bicyclic) bond motifs is 3. The average Bonchev–Trinajstić information content (AvgIpc) is 2.89. The van der Waals surface area contributed by atoms with Crippen LogP contribution in [0.2, 0.25) is 0 Å². The second kappa shape index (κ2) is 8.00. The van der Waals surface area contributed by atoms with Crippen LogP contribution in [0.15, 0.2) is 127 Å². The van der Waals surface area contributed by atoms with Gasteiger partial charge in [0.15, 0.2) is 0 Å². The normalized spacial score (nSPS) is 11.9. The first-order chi connectivity index (χ1) is 16.3. The molecule has 0 amide bonds. The zero-order chi connectivity index (χ0) is 22.3. The van der Waals surface area contributed by atoms with E-state index in [2.05, 4.69) is 127 Å². The third kappa shape index (κ3) is 3.11. The van der Waals surface area contributed by atoms with Gasteiger partial charge in [-0.15, -0.1) is 0 Å². The molecule has 0 bridgehead atoms. The minimum Gasteiger partial charge on any atom is -0.408 e. The Morgan fingerprint density at radius 3 is 1.52 bits per heavy atom. The van der Waals surface area contributed by atoms with Crippen LogP contribution < -0.4 is 15.6 Å². The van der Waals surface area contributed by atoms with Crippen molar-refractivity contribution in [1.82, 2.24) is 0 Å². The van der Waals surface area contributed by atoms with Crippen LogP contribution in [-0.2, 0) is 4.43 Å². The molecule has 0 aliphatic heterocycles. The average molecular weight is 441 g/mol. The fourth-order valence-electron chi connectivity index (χ4n) is 5.27. The third-order valence-corrected chi connectivity index (χ3v) is 10.9. The molecule has 0 saturated carbocycles. The highest BCUT2D eigenvalue weighted by atomic mass is 28.4. The molecule has 0 spiro atoms. The van der Waals surface area contributed by atoms with Crippen molar-refractivity contribution >= 4 is 56.2 Å². The van der Waals surface area contributed by atoms with Gasteiger partial charge in [0.25, 0.3) is 8.32 Å². The van der Waals surface area contributed by atoms with E-state index >= 15 is 0 Å². The van der Waals surface area contributed by atoms with E-state index in [9.17, 15) is 0 Å². The second-order valence-electron chi connectivity index (χ2n) is 8.50. The van der Waals surface area contributed by atoms with Crippen LogP contribution in [-0.4, -0.2) is 15.4 Å². The van der Waals surface area contributed by atoms with E-state index in [0.29, 0.717) is 0 Å².